The summed E-state index contributed by atoms with van der Waals surface area (Å²) in [6, 6.07) is 2.65. The van der Waals surface area contributed by atoms with E-state index in [0.29, 0.717) is 6.04 Å². The van der Waals surface area contributed by atoms with E-state index >= 15 is 0 Å². The highest BCUT2D eigenvalue weighted by Gasteiger charge is 2.24. The molecule has 0 aromatic carbocycles. The molecule has 82 valence electrons. The van der Waals surface area contributed by atoms with Crippen LogP contribution in [0.5, 0.6) is 5.75 Å². The number of likely N-dealkylation sites (N-methyl/N-ethyl adjacent to an activating group) is 1. The summed E-state index contributed by atoms with van der Waals surface area (Å²) in [4.78, 5) is 6.59. The van der Waals surface area contributed by atoms with Gasteiger partial charge in [-0.05, 0) is 45.5 Å². The molecule has 0 spiro atoms. The first-order valence-electron chi connectivity index (χ1n) is 5.43. The average Bonchev–Trinajstić information content (AvgIpc) is 2.21. The van der Waals surface area contributed by atoms with Crippen molar-refractivity contribution >= 4 is 0 Å². The third-order valence-electron chi connectivity index (χ3n) is 3.20. The Kier molecular flexibility index (Phi) is 2.91. The maximum Gasteiger partial charge on any atom is 0.137 e. The molecule has 2 rings (SSSR count). The highest BCUT2D eigenvalue weighted by molar-refractivity contribution is 5.27. The maximum absolute atomic E-state index is 5.71. The normalized spacial score (nSPS) is 21.1. The van der Waals surface area contributed by atoms with Gasteiger partial charge in [-0.1, -0.05) is 0 Å². The molecular formula is C12H18N2O. The predicted molar refractivity (Wildman–Crippen MR) is 60.2 cm³/mol. The molecule has 1 atom stereocenters. The molecule has 0 N–H and O–H groups in total. The van der Waals surface area contributed by atoms with Gasteiger partial charge in [0.05, 0.1) is 6.20 Å². The number of ether oxygens (including phenoxy) is 1. The number of pyridine rings is 1. The number of rotatable bonds is 3. The fourth-order valence-electron chi connectivity index (χ4n) is 1.67. The van der Waals surface area contributed by atoms with Gasteiger partial charge in [0.1, 0.15) is 12.4 Å². The van der Waals surface area contributed by atoms with Crippen molar-refractivity contribution in [1.29, 1.82) is 0 Å². The molecule has 2 heterocycles. The van der Waals surface area contributed by atoms with Crippen molar-refractivity contribution in [3.8, 4) is 5.75 Å². The van der Waals surface area contributed by atoms with E-state index in [9.17, 15) is 0 Å². The highest BCUT2D eigenvalue weighted by atomic mass is 16.5. The number of aromatic nitrogens is 1. The Hall–Kier alpha value is -1.09. The Balaban J connectivity index is 1.90. The van der Waals surface area contributed by atoms with Crippen LogP contribution in [-0.4, -0.2) is 36.1 Å². The van der Waals surface area contributed by atoms with Crippen molar-refractivity contribution in [2.24, 2.45) is 0 Å². The van der Waals surface area contributed by atoms with Crippen LogP contribution >= 0.6 is 0 Å². The van der Waals surface area contributed by atoms with E-state index in [0.717, 1.165) is 18.1 Å². The van der Waals surface area contributed by atoms with E-state index in [4.69, 9.17) is 4.74 Å². The summed E-state index contributed by atoms with van der Waals surface area (Å²) in [6.07, 6.45) is 3.05. The van der Waals surface area contributed by atoms with Gasteiger partial charge in [-0.2, -0.15) is 0 Å². The molecule has 1 aromatic rings. The lowest BCUT2D eigenvalue weighted by atomic mass is 10.1. The van der Waals surface area contributed by atoms with Gasteiger partial charge in [-0.3, -0.25) is 9.88 Å². The lowest BCUT2D eigenvalue weighted by Gasteiger charge is -2.37. The molecule has 1 fully saturated rings. The molecule has 1 aliphatic heterocycles. The van der Waals surface area contributed by atoms with Crippen molar-refractivity contribution in [2.75, 3.05) is 20.2 Å². The van der Waals surface area contributed by atoms with Crippen LogP contribution in [-0.2, 0) is 0 Å². The minimum atomic E-state index is 0.589. The van der Waals surface area contributed by atoms with Gasteiger partial charge in [-0.15, -0.1) is 0 Å². The summed E-state index contributed by atoms with van der Waals surface area (Å²) < 4.78 is 5.71. The molecule has 0 unspecified atom stereocenters. The van der Waals surface area contributed by atoms with E-state index in [1.807, 2.05) is 6.92 Å². The van der Waals surface area contributed by atoms with Crippen molar-refractivity contribution in [2.45, 2.75) is 26.3 Å². The molecule has 3 nitrogen and oxygen atoms in total. The molecule has 3 heteroatoms. The smallest absolute Gasteiger partial charge is 0.137 e. The number of aryl methyl sites for hydroxylation is 2. The summed E-state index contributed by atoms with van der Waals surface area (Å²) in [5, 5.41) is 0. The SMILES string of the molecule is Cc1cc(OC[C@@H]2CCN2C)cnc1C. The summed E-state index contributed by atoms with van der Waals surface area (Å²) in [5.74, 6) is 0.887. The molecular weight excluding hydrogens is 188 g/mol. The molecule has 0 saturated carbocycles. The van der Waals surface area contributed by atoms with Crippen LogP contribution in [0, 0.1) is 13.8 Å². The molecule has 1 saturated heterocycles. The second-order valence-electron chi connectivity index (χ2n) is 4.31. The maximum atomic E-state index is 5.71. The standard InChI is InChI=1S/C12H18N2O/c1-9-6-12(7-13-10(9)2)15-8-11-4-5-14(11)3/h6-7,11H,4-5,8H2,1-3H3/t11-/m0/s1. The zero-order valence-electron chi connectivity index (χ0n) is 9.66. The topological polar surface area (TPSA) is 25.4 Å². The van der Waals surface area contributed by atoms with E-state index in [-0.39, 0.29) is 0 Å². The fourth-order valence-corrected chi connectivity index (χ4v) is 1.67. The first-order chi connectivity index (χ1) is 7.16. The molecule has 1 aliphatic rings. The van der Waals surface area contributed by atoms with Gasteiger partial charge >= 0.3 is 0 Å². The van der Waals surface area contributed by atoms with Gasteiger partial charge in [0.25, 0.3) is 0 Å². The van der Waals surface area contributed by atoms with Crippen molar-refractivity contribution in [3.63, 3.8) is 0 Å². The second-order valence-corrected chi connectivity index (χ2v) is 4.31. The summed E-state index contributed by atoms with van der Waals surface area (Å²) in [7, 11) is 2.14. The van der Waals surface area contributed by atoms with Crippen LogP contribution in [0.25, 0.3) is 0 Å². The van der Waals surface area contributed by atoms with Gasteiger partial charge in [0, 0.05) is 11.7 Å². The predicted octanol–water partition coefficient (Wildman–Crippen LogP) is 1.78. The van der Waals surface area contributed by atoms with Gasteiger partial charge in [-0.25, -0.2) is 0 Å². The van der Waals surface area contributed by atoms with E-state index in [2.05, 4.69) is 29.9 Å². The molecule has 0 radical (unpaired) electrons. The van der Waals surface area contributed by atoms with Crippen LogP contribution in [0.4, 0.5) is 0 Å². The highest BCUT2D eigenvalue weighted by Crippen LogP contribution is 2.18. The first kappa shape index (κ1) is 10.4. The molecule has 0 bridgehead atoms. The quantitative estimate of drug-likeness (QED) is 0.754. The van der Waals surface area contributed by atoms with Crippen LogP contribution in [0.15, 0.2) is 12.3 Å². The number of likely N-dealkylation sites (tertiary alicyclic amines) is 1. The Bertz CT molecular complexity index is 351. The zero-order valence-corrected chi connectivity index (χ0v) is 9.66. The van der Waals surface area contributed by atoms with Crippen LogP contribution in [0.1, 0.15) is 17.7 Å². The summed E-state index contributed by atoms with van der Waals surface area (Å²) >= 11 is 0. The number of hydrogen-bond acceptors (Lipinski definition) is 3. The van der Waals surface area contributed by atoms with Crippen molar-refractivity contribution in [1.82, 2.24) is 9.88 Å². The lowest BCUT2D eigenvalue weighted by molar-refractivity contribution is 0.0767. The van der Waals surface area contributed by atoms with E-state index < -0.39 is 0 Å². The second kappa shape index (κ2) is 4.19. The Morgan fingerprint density at radius 1 is 1.53 bits per heavy atom. The average molecular weight is 206 g/mol. The first-order valence-corrected chi connectivity index (χ1v) is 5.43. The van der Waals surface area contributed by atoms with Crippen LogP contribution in [0.2, 0.25) is 0 Å². The Morgan fingerprint density at radius 3 is 2.87 bits per heavy atom. The monoisotopic (exact) mass is 206 g/mol. The minimum Gasteiger partial charge on any atom is -0.490 e. The third-order valence-corrected chi connectivity index (χ3v) is 3.20. The summed E-state index contributed by atoms with van der Waals surface area (Å²) in [5.41, 5.74) is 2.26. The molecule has 0 aliphatic carbocycles. The van der Waals surface area contributed by atoms with Crippen LogP contribution < -0.4 is 4.74 Å². The number of nitrogens with zero attached hydrogens (tertiary/aromatic N) is 2. The summed E-state index contributed by atoms with van der Waals surface area (Å²) in [6.45, 7) is 6.05. The Labute approximate surface area is 91.1 Å². The van der Waals surface area contributed by atoms with E-state index in [1.54, 1.807) is 6.20 Å². The van der Waals surface area contributed by atoms with Gasteiger partial charge < -0.3 is 4.74 Å². The lowest BCUT2D eigenvalue weighted by Crippen LogP contribution is -2.48. The van der Waals surface area contributed by atoms with Gasteiger partial charge in [0.2, 0.25) is 0 Å². The van der Waals surface area contributed by atoms with Crippen molar-refractivity contribution < 1.29 is 4.74 Å². The molecule has 0 amide bonds. The zero-order chi connectivity index (χ0) is 10.8. The van der Waals surface area contributed by atoms with E-state index in [1.165, 1.54) is 18.5 Å². The van der Waals surface area contributed by atoms with Crippen LogP contribution in [0.3, 0.4) is 0 Å². The Morgan fingerprint density at radius 2 is 2.33 bits per heavy atom. The minimum absolute atomic E-state index is 0.589. The van der Waals surface area contributed by atoms with Crippen molar-refractivity contribution in [3.05, 3.63) is 23.5 Å². The molecule has 1 aromatic heterocycles. The number of hydrogen-bond donors (Lipinski definition) is 0. The van der Waals surface area contributed by atoms with Gasteiger partial charge in [0.15, 0.2) is 0 Å². The molecule has 15 heavy (non-hydrogen) atoms. The third kappa shape index (κ3) is 2.29. The largest absolute Gasteiger partial charge is 0.490 e. The fraction of sp³-hybridized carbons (Fsp3) is 0.583.